The van der Waals surface area contributed by atoms with Gasteiger partial charge in [-0.2, -0.15) is 0 Å². The van der Waals surface area contributed by atoms with Gasteiger partial charge in [-0.15, -0.1) is 12.8 Å². The Morgan fingerprint density at radius 1 is 1.10 bits per heavy atom. The van der Waals surface area contributed by atoms with Crippen molar-refractivity contribution in [2.24, 2.45) is 5.92 Å². The standard InChI is InChI=1S/C12H20N2O5.C12H11NO.C4H10.C2H6.C2H2/c1-12(2,3)19-11(18)13-7-9(15)14-6-4-5-8(14)10(16)17;1-9-7-11(14)8-12(13-9)10-5-3-2-4-6-10;1-4(2)3;2*1-2/h8H,4-7H2,1-3H3,(H,13,18)(H,16,17);2-8H,1H3,(H,13,14);4H,1-3H3;1-2H3;1-2H/t8-;;;;/m0..../s1. The first kappa shape index (κ1) is 39.1. The minimum absolute atomic E-state index is 0.0418. The van der Waals surface area contributed by atoms with E-state index in [0.29, 0.717) is 19.4 Å². The maximum Gasteiger partial charge on any atom is 0.408 e. The first-order valence-corrected chi connectivity index (χ1v) is 13.8. The summed E-state index contributed by atoms with van der Waals surface area (Å²) < 4.78 is 4.99. The number of hydrogen-bond acceptors (Lipinski definition) is 5. The van der Waals surface area contributed by atoms with Crippen molar-refractivity contribution in [3.05, 3.63) is 58.4 Å². The quantitative estimate of drug-likeness (QED) is 0.394. The van der Waals surface area contributed by atoms with E-state index in [-0.39, 0.29) is 12.0 Å². The minimum Gasteiger partial charge on any atom is -0.480 e. The second-order valence-corrected chi connectivity index (χ2v) is 10.4. The van der Waals surface area contributed by atoms with Crippen LogP contribution in [0, 0.1) is 25.7 Å². The van der Waals surface area contributed by atoms with Gasteiger partial charge in [0.05, 0.1) is 0 Å². The van der Waals surface area contributed by atoms with E-state index in [4.69, 9.17) is 9.84 Å². The summed E-state index contributed by atoms with van der Waals surface area (Å²) in [7, 11) is 0. The van der Waals surface area contributed by atoms with Crippen molar-refractivity contribution in [2.45, 2.75) is 86.8 Å². The molecular weight excluding hydrogens is 522 g/mol. The van der Waals surface area contributed by atoms with Crippen LogP contribution in [0.5, 0.6) is 0 Å². The molecule has 1 aliphatic rings. The number of hydrogen-bond donors (Lipinski definition) is 3. The van der Waals surface area contributed by atoms with Gasteiger partial charge in [0.25, 0.3) is 0 Å². The Balaban J connectivity index is 0. The predicted octanol–water partition coefficient (Wildman–Crippen LogP) is 5.87. The topological polar surface area (TPSA) is 129 Å². The zero-order valence-electron chi connectivity index (χ0n) is 26.1. The number of pyridine rings is 1. The van der Waals surface area contributed by atoms with Gasteiger partial charge in [-0.3, -0.25) is 9.59 Å². The third-order valence-electron chi connectivity index (χ3n) is 4.70. The molecule has 1 aromatic carbocycles. The molecule has 228 valence electrons. The predicted molar refractivity (Wildman–Crippen MR) is 166 cm³/mol. The number of carbonyl (C=O) groups is 3. The number of likely N-dealkylation sites (tertiary alicyclic amines) is 1. The lowest BCUT2D eigenvalue weighted by Gasteiger charge is -2.23. The minimum atomic E-state index is -1.01. The Hall–Kier alpha value is -4.06. The van der Waals surface area contributed by atoms with Crippen molar-refractivity contribution in [1.82, 2.24) is 15.2 Å². The highest BCUT2D eigenvalue weighted by atomic mass is 16.6. The fourth-order valence-corrected chi connectivity index (χ4v) is 3.34. The number of amides is 2. The van der Waals surface area contributed by atoms with Crippen LogP contribution in [0.3, 0.4) is 0 Å². The molecule has 2 aromatic rings. The number of nitrogens with zero attached hydrogens (tertiary/aromatic N) is 1. The number of alkyl carbamates (subject to hydrolysis) is 1. The average molecular weight is 572 g/mol. The molecule has 9 heteroatoms. The Labute approximate surface area is 245 Å². The van der Waals surface area contributed by atoms with E-state index in [2.05, 4.69) is 43.9 Å². The number of H-pyrrole nitrogens is 1. The Kier molecular flexibility index (Phi) is 19.8. The smallest absolute Gasteiger partial charge is 0.408 e. The van der Waals surface area contributed by atoms with E-state index in [9.17, 15) is 19.2 Å². The van der Waals surface area contributed by atoms with E-state index in [1.807, 2.05) is 51.1 Å². The summed E-state index contributed by atoms with van der Waals surface area (Å²) in [5, 5.41) is 11.3. The van der Waals surface area contributed by atoms with Gasteiger partial charge < -0.3 is 25.0 Å². The molecule has 9 nitrogen and oxygen atoms in total. The summed E-state index contributed by atoms with van der Waals surface area (Å²) in [6.07, 6.45) is 8.43. The number of carboxylic acids is 1. The monoisotopic (exact) mass is 571 g/mol. The molecule has 1 saturated heterocycles. The van der Waals surface area contributed by atoms with Gasteiger partial charge in [0.2, 0.25) is 5.91 Å². The lowest BCUT2D eigenvalue weighted by molar-refractivity contribution is -0.147. The second kappa shape index (κ2) is 20.8. The molecule has 0 radical (unpaired) electrons. The van der Waals surface area contributed by atoms with Gasteiger partial charge in [0, 0.05) is 30.1 Å². The Morgan fingerprint density at radius 3 is 2.10 bits per heavy atom. The molecular formula is C32H49N3O6. The average Bonchev–Trinajstić information content (AvgIpc) is 3.40. The molecule has 0 saturated carbocycles. The number of nitrogens with one attached hydrogen (secondary N) is 2. The lowest BCUT2D eigenvalue weighted by Crippen LogP contribution is -2.46. The highest BCUT2D eigenvalue weighted by Gasteiger charge is 2.33. The maximum atomic E-state index is 11.8. The van der Waals surface area contributed by atoms with Crippen LogP contribution in [-0.2, 0) is 14.3 Å². The third kappa shape index (κ3) is 18.0. The molecule has 1 aliphatic heterocycles. The van der Waals surface area contributed by atoms with E-state index >= 15 is 0 Å². The number of benzene rings is 1. The first-order valence-electron chi connectivity index (χ1n) is 13.8. The Morgan fingerprint density at radius 2 is 1.63 bits per heavy atom. The normalized spacial score (nSPS) is 13.4. The SMILES string of the molecule is C#C.CC.CC(C)(C)OC(=O)NCC(=O)N1CCC[C@H]1C(=O)O.CC(C)C.Cc1cc(=O)cc(-c2ccccc2)[nH]1. The van der Waals surface area contributed by atoms with Crippen LogP contribution in [0.1, 0.15) is 73.9 Å². The number of aromatic amines is 1. The molecule has 0 spiro atoms. The number of rotatable bonds is 4. The van der Waals surface area contributed by atoms with E-state index < -0.39 is 29.6 Å². The van der Waals surface area contributed by atoms with Gasteiger partial charge in [0.1, 0.15) is 18.2 Å². The van der Waals surface area contributed by atoms with Crippen LogP contribution in [0.25, 0.3) is 11.3 Å². The van der Waals surface area contributed by atoms with Crippen LogP contribution in [0.15, 0.2) is 47.3 Å². The largest absolute Gasteiger partial charge is 0.480 e. The maximum absolute atomic E-state index is 11.8. The molecule has 0 aliphatic carbocycles. The zero-order chi connectivity index (χ0) is 32.2. The molecule has 1 fully saturated rings. The fourth-order valence-electron chi connectivity index (χ4n) is 3.34. The highest BCUT2D eigenvalue weighted by molar-refractivity contribution is 5.87. The summed E-state index contributed by atoms with van der Waals surface area (Å²) in [6.45, 7) is 17.7. The molecule has 41 heavy (non-hydrogen) atoms. The van der Waals surface area contributed by atoms with Crippen molar-refractivity contribution in [3.8, 4) is 24.1 Å². The molecule has 2 heterocycles. The fraction of sp³-hybridized carbons (Fsp3) is 0.500. The number of terminal acetylenes is 1. The van der Waals surface area contributed by atoms with Crippen LogP contribution >= 0.6 is 0 Å². The van der Waals surface area contributed by atoms with E-state index in [0.717, 1.165) is 22.9 Å². The zero-order valence-corrected chi connectivity index (χ0v) is 26.1. The number of ether oxygens (including phenoxy) is 1. The number of aliphatic carboxylic acids is 1. The van der Waals surface area contributed by atoms with E-state index in [1.54, 1.807) is 32.9 Å². The van der Waals surface area contributed by atoms with Crippen molar-refractivity contribution >= 4 is 18.0 Å². The first-order chi connectivity index (χ1) is 19.2. The molecule has 1 atom stereocenters. The number of aromatic nitrogens is 1. The lowest BCUT2D eigenvalue weighted by atomic mass is 10.1. The van der Waals surface area contributed by atoms with Gasteiger partial charge in [-0.1, -0.05) is 65.0 Å². The van der Waals surface area contributed by atoms with Crippen molar-refractivity contribution < 1.29 is 24.2 Å². The summed E-state index contributed by atoms with van der Waals surface area (Å²) in [5.41, 5.74) is 2.20. The number of carboxylic acid groups (broad SMARTS) is 1. The van der Waals surface area contributed by atoms with Crippen LogP contribution < -0.4 is 10.7 Å². The third-order valence-corrected chi connectivity index (χ3v) is 4.70. The van der Waals surface area contributed by atoms with Gasteiger partial charge in [-0.25, -0.2) is 9.59 Å². The van der Waals surface area contributed by atoms with Crippen molar-refractivity contribution in [3.63, 3.8) is 0 Å². The molecule has 2 amide bonds. The molecule has 3 rings (SSSR count). The summed E-state index contributed by atoms with van der Waals surface area (Å²) >= 11 is 0. The number of carbonyl (C=O) groups excluding carboxylic acids is 2. The van der Waals surface area contributed by atoms with Crippen molar-refractivity contribution in [1.29, 1.82) is 0 Å². The summed E-state index contributed by atoms with van der Waals surface area (Å²) in [4.78, 5) is 49.8. The van der Waals surface area contributed by atoms with E-state index in [1.165, 1.54) is 4.90 Å². The van der Waals surface area contributed by atoms with Crippen molar-refractivity contribution in [2.75, 3.05) is 13.1 Å². The highest BCUT2D eigenvalue weighted by Crippen LogP contribution is 2.17. The summed E-state index contributed by atoms with van der Waals surface area (Å²) in [5.74, 6) is -0.584. The van der Waals surface area contributed by atoms with Gasteiger partial charge in [-0.05, 0) is 52.0 Å². The van der Waals surface area contributed by atoms with Gasteiger partial charge >= 0.3 is 12.1 Å². The number of aryl methyl sites for hydroxylation is 1. The van der Waals surface area contributed by atoms with Crippen LogP contribution in [0.4, 0.5) is 4.79 Å². The van der Waals surface area contributed by atoms with Crippen LogP contribution in [-0.4, -0.2) is 57.7 Å². The molecule has 3 N–H and O–H groups in total. The Bertz CT molecular complexity index is 1110. The second-order valence-electron chi connectivity index (χ2n) is 10.4. The summed E-state index contributed by atoms with van der Waals surface area (Å²) in [6, 6.07) is 12.2. The van der Waals surface area contributed by atoms with Gasteiger partial charge in [0.15, 0.2) is 5.43 Å². The molecule has 1 aromatic heterocycles. The van der Waals surface area contributed by atoms with Crippen LogP contribution in [0.2, 0.25) is 0 Å². The molecule has 0 bridgehead atoms. The molecule has 0 unspecified atom stereocenters.